The fraction of sp³-hybridized carbons (Fsp3) is 0.0833. The molecule has 1 heterocycles. The summed E-state index contributed by atoms with van der Waals surface area (Å²) in [5.74, 6) is 0. The molecule has 20 heavy (non-hydrogen) atoms. The number of pyridine rings is 1. The third kappa shape index (κ3) is 3.27. The van der Waals surface area contributed by atoms with Crippen molar-refractivity contribution < 1.29 is 21.6 Å². The predicted molar refractivity (Wildman–Crippen MR) is 66.5 cm³/mol. The molecule has 0 radical (unpaired) electrons. The van der Waals surface area contributed by atoms with Gasteiger partial charge < -0.3 is 0 Å². The van der Waals surface area contributed by atoms with Crippen LogP contribution in [0.4, 0.5) is 18.9 Å². The Kier molecular flexibility index (Phi) is 3.67. The van der Waals surface area contributed by atoms with Crippen molar-refractivity contribution in [1.82, 2.24) is 4.98 Å². The van der Waals surface area contributed by atoms with Gasteiger partial charge in [0.25, 0.3) is 10.0 Å². The van der Waals surface area contributed by atoms with Crippen LogP contribution in [0.2, 0.25) is 0 Å². The maximum atomic E-state index is 12.4. The fourth-order valence-corrected chi connectivity index (χ4v) is 2.47. The molecule has 2 rings (SSSR count). The van der Waals surface area contributed by atoms with Crippen molar-refractivity contribution in [2.24, 2.45) is 0 Å². The second kappa shape index (κ2) is 5.12. The lowest BCUT2D eigenvalue weighted by atomic mass is 10.2. The zero-order valence-electron chi connectivity index (χ0n) is 9.92. The van der Waals surface area contributed by atoms with Gasteiger partial charge in [-0.3, -0.25) is 9.71 Å². The van der Waals surface area contributed by atoms with E-state index in [2.05, 4.69) is 9.71 Å². The number of aromatic nitrogens is 1. The molecule has 8 heteroatoms. The van der Waals surface area contributed by atoms with Crippen molar-refractivity contribution in [3.05, 3.63) is 54.4 Å². The molecular formula is C12H9F3N2O2S. The molecule has 0 unspecified atom stereocenters. The average molecular weight is 302 g/mol. The second-order valence-corrected chi connectivity index (χ2v) is 5.55. The van der Waals surface area contributed by atoms with Crippen molar-refractivity contribution in [2.75, 3.05) is 4.72 Å². The standard InChI is InChI=1S/C12H9F3N2O2S/c13-12(14,15)9-3-5-10(6-4-9)17-20(18,19)11-2-1-7-16-8-11/h1-8,17H. The topological polar surface area (TPSA) is 59.1 Å². The number of sulfonamides is 1. The van der Waals surface area contributed by atoms with E-state index in [1.54, 1.807) is 0 Å². The summed E-state index contributed by atoms with van der Waals surface area (Å²) < 4.78 is 63.1. The number of alkyl halides is 3. The molecular weight excluding hydrogens is 293 g/mol. The van der Waals surface area contributed by atoms with E-state index < -0.39 is 21.8 Å². The Labute approximate surface area is 113 Å². The number of hydrogen-bond acceptors (Lipinski definition) is 3. The van der Waals surface area contributed by atoms with E-state index in [-0.39, 0.29) is 10.6 Å². The molecule has 1 aromatic heterocycles. The van der Waals surface area contributed by atoms with Crippen molar-refractivity contribution in [2.45, 2.75) is 11.1 Å². The molecule has 0 fully saturated rings. The number of nitrogens with zero attached hydrogens (tertiary/aromatic N) is 1. The van der Waals surface area contributed by atoms with Crippen molar-refractivity contribution in [1.29, 1.82) is 0 Å². The molecule has 1 aromatic carbocycles. The van der Waals surface area contributed by atoms with Gasteiger partial charge in [0.05, 0.1) is 5.56 Å². The van der Waals surface area contributed by atoms with Gasteiger partial charge in [-0.25, -0.2) is 8.42 Å². The normalized spacial score (nSPS) is 12.2. The van der Waals surface area contributed by atoms with Gasteiger partial charge in [-0.15, -0.1) is 0 Å². The SMILES string of the molecule is O=S(=O)(Nc1ccc(C(F)(F)F)cc1)c1cccnc1. The molecule has 0 aliphatic carbocycles. The molecule has 0 bridgehead atoms. The first-order valence-corrected chi connectivity index (χ1v) is 6.87. The molecule has 0 saturated heterocycles. The molecule has 0 saturated carbocycles. The largest absolute Gasteiger partial charge is 0.416 e. The second-order valence-electron chi connectivity index (χ2n) is 3.87. The van der Waals surface area contributed by atoms with Crippen LogP contribution in [0.5, 0.6) is 0 Å². The van der Waals surface area contributed by atoms with Gasteiger partial charge in [0.1, 0.15) is 4.90 Å². The van der Waals surface area contributed by atoms with Gasteiger partial charge in [0.15, 0.2) is 0 Å². The maximum Gasteiger partial charge on any atom is 0.416 e. The highest BCUT2D eigenvalue weighted by Gasteiger charge is 2.30. The fourth-order valence-electron chi connectivity index (χ4n) is 1.45. The van der Waals surface area contributed by atoms with Gasteiger partial charge >= 0.3 is 6.18 Å². The quantitative estimate of drug-likeness (QED) is 0.948. The molecule has 0 atom stereocenters. The summed E-state index contributed by atoms with van der Waals surface area (Å²) in [6, 6.07) is 6.50. The van der Waals surface area contributed by atoms with Gasteiger partial charge in [0.2, 0.25) is 0 Å². The molecule has 0 spiro atoms. The van der Waals surface area contributed by atoms with Crippen molar-refractivity contribution in [3.63, 3.8) is 0 Å². The smallest absolute Gasteiger partial charge is 0.280 e. The first-order valence-electron chi connectivity index (χ1n) is 5.39. The van der Waals surface area contributed by atoms with Crippen LogP contribution < -0.4 is 4.72 Å². The van der Waals surface area contributed by atoms with Crippen LogP contribution in [0.3, 0.4) is 0 Å². The summed E-state index contributed by atoms with van der Waals surface area (Å²) in [5.41, 5.74) is -0.802. The van der Waals surface area contributed by atoms with E-state index in [0.717, 1.165) is 30.5 Å². The van der Waals surface area contributed by atoms with E-state index in [4.69, 9.17) is 0 Å². The average Bonchev–Trinajstić information content (AvgIpc) is 2.39. The summed E-state index contributed by atoms with van der Waals surface area (Å²) in [5, 5.41) is 0. The lowest BCUT2D eigenvalue weighted by molar-refractivity contribution is -0.137. The molecule has 106 valence electrons. The highest BCUT2D eigenvalue weighted by Crippen LogP contribution is 2.30. The van der Waals surface area contributed by atoms with Crippen LogP contribution in [0.15, 0.2) is 53.7 Å². The van der Waals surface area contributed by atoms with Crippen molar-refractivity contribution in [3.8, 4) is 0 Å². The minimum absolute atomic E-state index is 0.0434. The van der Waals surface area contributed by atoms with E-state index >= 15 is 0 Å². The Bertz CT molecular complexity index is 683. The number of nitrogens with one attached hydrogen (secondary N) is 1. The third-order valence-electron chi connectivity index (χ3n) is 2.41. The minimum Gasteiger partial charge on any atom is -0.280 e. The van der Waals surface area contributed by atoms with Crippen molar-refractivity contribution >= 4 is 15.7 Å². The number of rotatable bonds is 3. The number of anilines is 1. The summed E-state index contributed by atoms with van der Waals surface area (Å²) in [6.45, 7) is 0. The molecule has 4 nitrogen and oxygen atoms in total. The van der Waals surface area contributed by atoms with E-state index in [0.29, 0.717) is 0 Å². The van der Waals surface area contributed by atoms with Crippen LogP contribution >= 0.6 is 0 Å². The Hall–Kier alpha value is -2.09. The Balaban J connectivity index is 2.23. The molecule has 1 N–H and O–H groups in total. The zero-order valence-corrected chi connectivity index (χ0v) is 10.7. The molecule has 0 amide bonds. The van der Waals surface area contributed by atoms with Crippen LogP contribution in [0.1, 0.15) is 5.56 Å². The minimum atomic E-state index is -4.46. The number of halogens is 3. The number of benzene rings is 1. The lowest BCUT2D eigenvalue weighted by Crippen LogP contribution is -2.13. The van der Waals surface area contributed by atoms with E-state index in [9.17, 15) is 21.6 Å². The summed E-state index contributed by atoms with van der Waals surface area (Å²) in [6.07, 6.45) is -1.90. The highest BCUT2D eigenvalue weighted by atomic mass is 32.2. The van der Waals surface area contributed by atoms with Crippen LogP contribution in [-0.4, -0.2) is 13.4 Å². The maximum absolute atomic E-state index is 12.4. The van der Waals surface area contributed by atoms with Crippen LogP contribution in [-0.2, 0) is 16.2 Å². The van der Waals surface area contributed by atoms with Gasteiger partial charge in [0, 0.05) is 18.1 Å². The monoisotopic (exact) mass is 302 g/mol. The lowest BCUT2D eigenvalue weighted by Gasteiger charge is -2.10. The Morgan fingerprint density at radius 3 is 2.20 bits per heavy atom. The first-order chi connectivity index (χ1) is 9.29. The molecule has 2 aromatic rings. The van der Waals surface area contributed by atoms with E-state index in [1.807, 2.05) is 0 Å². The predicted octanol–water partition coefficient (Wildman–Crippen LogP) is 2.90. The van der Waals surface area contributed by atoms with Gasteiger partial charge in [-0.05, 0) is 36.4 Å². The van der Waals surface area contributed by atoms with Crippen LogP contribution in [0, 0.1) is 0 Å². The summed E-state index contributed by atoms with van der Waals surface area (Å²) in [7, 11) is -3.86. The molecule has 0 aliphatic heterocycles. The summed E-state index contributed by atoms with van der Waals surface area (Å²) in [4.78, 5) is 3.60. The Morgan fingerprint density at radius 2 is 1.70 bits per heavy atom. The zero-order chi connectivity index (χ0) is 14.8. The number of hydrogen-bond donors (Lipinski definition) is 1. The Morgan fingerprint density at radius 1 is 1.05 bits per heavy atom. The van der Waals surface area contributed by atoms with E-state index in [1.165, 1.54) is 18.3 Å². The van der Waals surface area contributed by atoms with Gasteiger partial charge in [-0.1, -0.05) is 0 Å². The summed E-state index contributed by atoms with van der Waals surface area (Å²) >= 11 is 0. The first kappa shape index (κ1) is 14.3. The molecule has 0 aliphatic rings. The van der Waals surface area contributed by atoms with Gasteiger partial charge in [-0.2, -0.15) is 13.2 Å². The van der Waals surface area contributed by atoms with Crippen LogP contribution in [0.25, 0.3) is 0 Å². The highest BCUT2D eigenvalue weighted by molar-refractivity contribution is 7.92. The third-order valence-corrected chi connectivity index (χ3v) is 3.78.